The van der Waals surface area contributed by atoms with Gasteiger partial charge in [0.25, 0.3) is 0 Å². The van der Waals surface area contributed by atoms with E-state index in [9.17, 15) is 4.79 Å². The molecule has 1 atom stereocenters. The highest BCUT2D eigenvalue weighted by molar-refractivity contribution is 5.82. The van der Waals surface area contributed by atoms with Gasteiger partial charge in [-0.2, -0.15) is 0 Å². The number of hydrogen-bond acceptors (Lipinski definition) is 4. The fourth-order valence-corrected chi connectivity index (χ4v) is 2.76. The lowest BCUT2D eigenvalue weighted by molar-refractivity contribution is -0.123. The number of amides is 1. The molecule has 0 radical (unpaired) electrons. The average Bonchev–Trinajstić information content (AvgIpc) is 2.47. The lowest BCUT2D eigenvalue weighted by Crippen LogP contribution is -2.58. The quantitative estimate of drug-likeness (QED) is 0.712. The Labute approximate surface area is 119 Å². The number of carbonyl (C=O) groups is 1. The summed E-state index contributed by atoms with van der Waals surface area (Å²) in [7, 11) is 0. The number of rotatable bonds is 4. The van der Waals surface area contributed by atoms with Crippen LogP contribution in [-0.2, 0) is 4.79 Å². The molecular formula is C15H22N4O. The molecule has 1 aromatic carbocycles. The third kappa shape index (κ3) is 3.11. The van der Waals surface area contributed by atoms with E-state index in [2.05, 4.69) is 45.1 Å². The SMILES string of the molecule is O=C(NCC1CN(c2ccccc2)C1)C1CNCCN1. The Bertz CT molecular complexity index is 438. The van der Waals surface area contributed by atoms with E-state index in [-0.39, 0.29) is 11.9 Å². The number of benzene rings is 1. The second-order valence-corrected chi connectivity index (χ2v) is 5.56. The molecule has 0 aromatic heterocycles. The predicted octanol–water partition coefficient (Wildman–Crippen LogP) is -0.200. The number of hydrogen-bond donors (Lipinski definition) is 3. The van der Waals surface area contributed by atoms with E-state index in [0.29, 0.717) is 5.92 Å². The summed E-state index contributed by atoms with van der Waals surface area (Å²) < 4.78 is 0. The van der Waals surface area contributed by atoms with Crippen LogP contribution in [0, 0.1) is 5.92 Å². The monoisotopic (exact) mass is 274 g/mol. The summed E-state index contributed by atoms with van der Waals surface area (Å²) >= 11 is 0. The van der Waals surface area contributed by atoms with Gasteiger partial charge in [0.15, 0.2) is 0 Å². The molecule has 0 spiro atoms. The molecule has 5 heteroatoms. The number of nitrogens with zero attached hydrogens (tertiary/aromatic N) is 1. The van der Waals surface area contributed by atoms with Gasteiger partial charge in [-0.1, -0.05) is 18.2 Å². The molecule has 5 nitrogen and oxygen atoms in total. The lowest BCUT2D eigenvalue weighted by Gasteiger charge is -2.41. The summed E-state index contributed by atoms with van der Waals surface area (Å²) in [6, 6.07) is 10.3. The maximum atomic E-state index is 12.0. The van der Waals surface area contributed by atoms with E-state index in [1.54, 1.807) is 0 Å². The third-order valence-corrected chi connectivity index (χ3v) is 4.00. The first kappa shape index (κ1) is 13.4. The van der Waals surface area contributed by atoms with Gasteiger partial charge in [0.1, 0.15) is 0 Å². The van der Waals surface area contributed by atoms with E-state index in [4.69, 9.17) is 0 Å². The van der Waals surface area contributed by atoms with Crippen molar-refractivity contribution in [1.29, 1.82) is 0 Å². The molecule has 3 N–H and O–H groups in total. The van der Waals surface area contributed by atoms with Crippen molar-refractivity contribution in [3.05, 3.63) is 30.3 Å². The van der Waals surface area contributed by atoms with Crippen molar-refractivity contribution in [2.75, 3.05) is 44.2 Å². The number of nitrogens with one attached hydrogen (secondary N) is 3. The van der Waals surface area contributed by atoms with Crippen LogP contribution in [0.4, 0.5) is 5.69 Å². The van der Waals surface area contributed by atoms with Gasteiger partial charge in [-0.15, -0.1) is 0 Å². The minimum absolute atomic E-state index is 0.0750. The number of para-hydroxylation sites is 1. The van der Waals surface area contributed by atoms with Gasteiger partial charge in [0.05, 0.1) is 6.04 Å². The van der Waals surface area contributed by atoms with Crippen molar-refractivity contribution >= 4 is 11.6 Å². The normalized spacial score (nSPS) is 23.2. The second kappa shape index (κ2) is 6.24. The Morgan fingerprint density at radius 3 is 2.75 bits per heavy atom. The van der Waals surface area contributed by atoms with Crippen LogP contribution >= 0.6 is 0 Å². The zero-order valence-corrected chi connectivity index (χ0v) is 11.6. The summed E-state index contributed by atoms with van der Waals surface area (Å²) in [5, 5.41) is 9.51. The lowest BCUT2D eigenvalue weighted by atomic mass is 9.99. The van der Waals surface area contributed by atoms with Crippen LogP contribution in [-0.4, -0.2) is 51.2 Å². The van der Waals surface area contributed by atoms with Crippen molar-refractivity contribution in [1.82, 2.24) is 16.0 Å². The molecule has 20 heavy (non-hydrogen) atoms. The maximum Gasteiger partial charge on any atom is 0.238 e. The minimum Gasteiger partial charge on any atom is -0.371 e. The van der Waals surface area contributed by atoms with Crippen LogP contribution in [0.5, 0.6) is 0 Å². The summed E-state index contributed by atoms with van der Waals surface area (Å²) in [6.45, 7) is 5.37. The van der Waals surface area contributed by atoms with Crippen LogP contribution in [0.1, 0.15) is 0 Å². The van der Waals surface area contributed by atoms with Crippen molar-refractivity contribution in [3.8, 4) is 0 Å². The first-order chi connectivity index (χ1) is 9.83. The molecule has 0 aliphatic carbocycles. The summed E-state index contributed by atoms with van der Waals surface area (Å²) in [5.74, 6) is 0.686. The van der Waals surface area contributed by atoms with Gasteiger partial charge in [-0.05, 0) is 12.1 Å². The van der Waals surface area contributed by atoms with Gasteiger partial charge in [-0.3, -0.25) is 4.79 Å². The smallest absolute Gasteiger partial charge is 0.238 e. The first-order valence-electron chi connectivity index (χ1n) is 7.35. The molecule has 1 unspecified atom stereocenters. The van der Waals surface area contributed by atoms with Crippen molar-refractivity contribution < 1.29 is 4.79 Å². The van der Waals surface area contributed by atoms with E-state index >= 15 is 0 Å². The highest BCUT2D eigenvalue weighted by Gasteiger charge is 2.28. The molecule has 2 aliphatic rings. The number of piperazine rings is 1. The zero-order chi connectivity index (χ0) is 13.8. The fourth-order valence-electron chi connectivity index (χ4n) is 2.76. The minimum atomic E-state index is -0.0750. The molecule has 2 fully saturated rings. The Hall–Kier alpha value is -1.59. The molecule has 0 saturated carbocycles. The molecule has 2 heterocycles. The van der Waals surface area contributed by atoms with Crippen LogP contribution in [0.2, 0.25) is 0 Å². The fraction of sp³-hybridized carbons (Fsp3) is 0.533. The molecular weight excluding hydrogens is 252 g/mol. The highest BCUT2D eigenvalue weighted by Crippen LogP contribution is 2.23. The topological polar surface area (TPSA) is 56.4 Å². The van der Waals surface area contributed by atoms with Crippen molar-refractivity contribution in [3.63, 3.8) is 0 Å². The van der Waals surface area contributed by atoms with Crippen LogP contribution in [0.3, 0.4) is 0 Å². The largest absolute Gasteiger partial charge is 0.371 e. The van der Waals surface area contributed by atoms with E-state index < -0.39 is 0 Å². The molecule has 108 valence electrons. The van der Waals surface area contributed by atoms with Gasteiger partial charge >= 0.3 is 0 Å². The number of carbonyl (C=O) groups excluding carboxylic acids is 1. The Balaban J connectivity index is 1.38. The average molecular weight is 274 g/mol. The first-order valence-corrected chi connectivity index (χ1v) is 7.35. The Morgan fingerprint density at radius 1 is 1.25 bits per heavy atom. The zero-order valence-electron chi connectivity index (χ0n) is 11.6. The molecule has 1 aromatic rings. The van der Waals surface area contributed by atoms with Crippen LogP contribution in [0.25, 0.3) is 0 Å². The van der Waals surface area contributed by atoms with Crippen LogP contribution in [0.15, 0.2) is 30.3 Å². The predicted molar refractivity (Wildman–Crippen MR) is 79.8 cm³/mol. The van der Waals surface area contributed by atoms with Crippen LogP contribution < -0.4 is 20.9 Å². The standard InChI is InChI=1S/C15H22N4O/c20-15(14-9-16-6-7-17-14)18-8-12-10-19(11-12)13-4-2-1-3-5-13/h1-5,12,14,16-17H,6-11H2,(H,18,20). The summed E-state index contributed by atoms with van der Waals surface area (Å²) in [5.41, 5.74) is 1.27. The summed E-state index contributed by atoms with van der Waals surface area (Å²) in [6.07, 6.45) is 0. The van der Waals surface area contributed by atoms with E-state index in [1.807, 2.05) is 6.07 Å². The van der Waals surface area contributed by atoms with E-state index in [1.165, 1.54) is 5.69 Å². The molecule has 0 bridgehead atoms. The molecule has 2 saturated heterocycles. The third-order valence-electron chi connectivity index (χ3n) is 4.00. The molecule has 1 amide bonds. The van der Waals surface area contributed by atoms with Crippen molar-refractivity contribution in [2.24, 2.45) is 5.92 Å². The van der Waals surface area contributed by atoms with Crippen molar-refractivity contribution in [2.45, 2.75) is 6.04 Å². The molecule has 3 rings (SSSR count). The summed E-state index contributed by atoms with van der Waals surface area (Å²) in [4.78, 5) is 14.3. The van der Waals surface area contributed by atoms with Gasteiger partial charge in [0, 0.05) is 50.9 Å². The van der Waals surface area contributed by atoms with Gasteiger partial charge in [-0.25, -0.2) is 0 Å². The van der Waals surface area contributed by atoms with Gasteiger partial charge < -0.3 is 20.9 Å². The second-order valence-electron chi connectivity index (χ2n) is 5.56. The van der Waals surface area contributed by atoms with Gasteiger partial charge in [0.2, 0.25) is 5.91 Å². The highest BCUT2D eigenvalue weighted by atomic mass is 16.2. The number of anilines is 1. The Kier molecular flexibility index (Phi) is 4.18. The van der Waals surface area contributed by atoms with E-state index in [0.717, 1.165) is 39.3 Å². The molecule has 2 aliphatic heterocycles. The maximum absolute atomic E-state index is 12.0. The Morgan fingerprint density at radius 2 is 2.05 bits per heavy atom.